The van der Waals surface area contributed by atoms with Crippen molar-refractivity contribution in [1.29, 1.82) is 0 Å². The van der Waals surface area contributed by atoms with Crippen LogP contribution < -0.4 is 0 Å². The van der Waals surface area contributed by atoms with Crippen LogP contribution in [0.1, 0.15) is 40.5 Å². The van der Waals surface area contributed by atoms with Crippen LogP contribution in [0.4, 0.5) is 0 Å². The number of nitrogens with zero attached hydrogens (tertiary/aromatic N) is 4. The summed E-state index contributed by atoms with van der Waals surface area (Å²) in [4.78, 5) is 37.1. The molecule has 2 amide bonds. The molecule has 0 N–H and O–H groups in total. The third-order valence-electron chi connectivity index (χ3n) is 4.71. The minimum atomic E-state index is -0.187. The Morgan fingerprint density at radius 1 is 1.15 bits per heavy atom. The first-order valence-electron chi connectivity index (χ1n) is 9.02. The minimum absolute atomic E-state index is 0.187. The lowest BCUT2D eigenvalue weighted by Crippen LogP contribution is -2.40. The van der Waals surface area contributed by atoms with Crippen molar-refractivity contribution in [3.8, 4) is 0 Å². The SMILES string of the molecule is CC/C=N\C(=N/C)C1=CCN(CCN2C(=O)c3ccccc3C2=O)CC1. The molecule has 0 saturated heterocycles. The monoisotopic (exact) mass is 352 g/mol. The van der Waals surface area contributed by atoms with Gasteiger partial charge in [-0.2, -0.15) is 0 Å². The molecule has 1 aromatic carbocycles. The molecule has 0 aliphatic carbocycles. The summed E-state index contributed by atoms with van der Waals surface area (Å²) in [6.45, 7) is 4.78. The van der Waals surface area contributed by atoms with Crippen molar-refractivity contribution in [3.63, 3.8) is 0 Å². The largest absolute Gasteiger partial charge is 0.298 e. The van der Waals surface area contributed by atoms with Gasteiger partial charge in [-0.1, -0.05) is 25.1 Å². The van der Waals surface area contributed by atoms with Crippen LogP contribution in [0.15, 0.2) is 45.9 Å². The molecule has 2 aliphatic rings. The zero-order chi connectivity index (χ0) is 18.5. The van der Waals surface area contributed by atoms with Crippen molar-refractivity contribution in [2.45, 2.75) is 19.8 Å². The first-order chi connectivity index (χ1) is 12.7. The molecular formula is C20H24N4O2. The average molecular weight is 352 g/mol. The van der Waals surface area contributed by atoms with Crippen LogP contribution in [0.2, 0.25) is 0 Å². The number of carbonyl (C=O) groups excluding carboxylic acids is 2. The number of rotatable bonds is 5. The molecule has 0 fully saturated rings. The number of carbonyl (C=O) groups is 2. The molecular weight excluding hydrogens is 328 g/mol. The van der Waals surface area contributed by atoms with Gasteiger partial charge in [-0.15, -0.1) is 0 Å². The van der Waals surface area contributed by atoms with E-state index in [1.54, 1.807) is 31.3 Å². The highest BCUT2D eigenvalue weighted by molar-refractivity contribution is 6.21. The lowest BCUT2D eigenvalue weighted by atomic mass is 10.1. The van der Waals surface area contributed by atoms with Gasteiger partial charge in [0.15, 0.2) is 0 Å². The summed E-state index contributed by atoms with van der Waals surface area (Å²) in [5.74, 6) is 0.424. The molecule has 6 nitrogen and oxygen atoms in total. The number of benzene rings is 1. The van der Waals surface area contributed by atoms with Crippen LogP contribution in [-0.4, -0.2) is 66.9 Å². The van der Waals surface area contributed by atoms with Crippen LogP contribution in [0, 0.1) is 0 Å². The van der Waals surface area contributed by atoms with Gasteiger partial charge in [-0.25, -0.2) is 4.99 Å². The average Bonchev–Trinajstić information content (AvgIpc) is 2.92. The standard InChI is InChI=1S/C20H24N4O2/c1-3-10-22-18(21-2)15-8-11-23(12-9-15)13-14-24-19(25)16-6-4-5-7-17(16)20(24)26/h4-8,10H,3,9,11-14H2,1-2H3/b21-18-,22-10-. The van der Waals surface area contributed by atoms with Crippen LogP contribution in [0.5, 0.6) is 0 Å². The van der Waals surface area contributed by atoms with Gasteiger partial charge in [-0.05, 0) is 30.5 Å². The van der Waals surface area contributed by atoms with Gasteiger partial charge in [0.1, 0.15) is 5.84 Å². The molecule has 136 valence electrons. The Balaban J connectivity index is 1.57. The van der Waals surface area contributed by atoms with E-state index in [0.717, 1.165) is 37.3 Å². The van der Waals surface area contributed by atoms with Gasteiger partial charge in [0.05, 0.1) is 11.1 Å². The summed E-state index contributed by atoms with van der Waals surface area (Å²) in [5.41, 5.74) is 2.18. The van der Waals surface area contributed by atoms with E-state index in [1.807, 2.05) is 13.1 Å². The highest BCUT2D eigenvalue weighted by atomic mass is 16.2. The number of hydrogen-bond acceptors (Lipinski definition) is 4. The van der Waals surface area contributed by atoms with Crippen molar-refractivity contribution >= 4 is 23.9 Å². The number of imide groups is 1. The molecule has 0 saturated carbocycles. The molecule has 0 bridgehead atoms. The van der Waals surface area contributed by atoms with Gasteiger partial charge in [0.2, 0.25) is 0 Å². The van der Waals surface area contributed by atoms with E-state index in [4.69, 9.17) is 0 Å². The Labute approximate surface area is 153 Å². The summed E-state index contributed by atoms with van der Waals surface area (Å²) in [6, 6.07) is 7.01. The van der Waals surface area contributed by atoms with Crippen LogP contribution in [-0.2, 0) is 0 Å². The fourth-order valence-corrected chi connectivity index (χ4v) is 3.26. The quantitative estimate of drug-likeness (QED) is 0.464. The smallest absolute Gasteiger partial charge is 0.261 e. The predicted molar refractivity (Wildman–Crippen MR) is 103 cm³/mol. The van der Waals surface area contributed by atoms with E-state index < -0.39 is 0 Å². The second-order valence-corrected chi connectivity index (χ2v) is 6.35. The Kier molecular flexibility index (Phi) is 5.73. The molecule has 0 unspecified atom stereocenters. The minimum Gasteiger partial charge on any atom is -0.298 e. The fourth-order valence-electron chi connectivity index (χ4n) is 3.26. The Bertz CT molecular complexity index is 760. The fraction of sp³-hybridized carbons (Fsp3) is 0.400. The molecule has 0 atom stereocenters. The molecule has 3 rings (SSSR count). The molecule has 2 heterocycles. The number of amides is 2. The maximum atomic E-state index is 12.4. The van der Waals surface area contributed by atoms with Gasteiger partial charge in [0.25, 0.3) is 11.8 Å². The predicted octanol–water partition coefficient (Wildman–Crippen LogP) is 2.42. The summed E-state index contributed by atoms with van der Waals surface area (Å²) in [5, 5.41) is 0. The first kappa shape index (κ1) is 18.2. The Hall–Kier alpha value is -2.60. The van der Waals surface area contributed by atoms with Gasteiger partial charge in [-0.3, -0.25) is 24.4 Å². The van der Waals surface area contributed by atoms with Gasteiger partial charge < -0.3 is 0 Å². The number of fused-ring (bicyclic) bond motifs is 1. The van der Waals surface area contributed by atoms with Crippen molar-refractivity contribution in [2.75, 3.05) is 33.2 Å². The maximum absolute atomic E-state index is 12.4. The normalized spacial score (nSPS) is 18.6. The molecule has 1 aromatic rings. The lowest BCUT2D eigenvalue weighted by molar-refractivity contribution is 0.0638. The first-order valence-corrected chi connectivity index (χ1v) is 9.02. The lowest BCUT2D eigenvalue weighted by Gasteiger charge is -2.27. The summed E-state index contributed by atoms with van der Waals surface area (Å²) >= 11 is 0. The molecule has 0 spiro atoms. The zero-order valence-corrected chi connectivity index (χ0v) is 15.3. The van der Waals surface area contributed by atoms with Crippen molar-refractivity contribution in [1.82, 2.24) is 9.80 Å². The topological polar surface area (TPSA) is 65.3 Å². The van der Waals surface area contributed by atoms with Gasteiger partial charge in [0, 0.05) is 39.4 Å². The van der Waals surface area contributed by atoms with Crippen molar-refractivity contribution in [3.05, 3.63) is 47.0 Å². The van der Waals surface area contributed by atoms with E-state index in [2.05, 4.69) is 21.0 Å². The maximum Gasteiger partial charge on any atom is 0.261 e. The van der Waals surface area contributed by atoms with Crippen LogP contribution in [0.3, 0.4) is 0 Å². The zero-order valence-electron chi connectivity index (χ0n) is 15.3. The third kappa shape index (κ3) is 3.65. The summed E-state index contributed by atoms with van der Waals surface area (Å²) < 4.78 is 0. The van der Waals surface area contributed by atoms with E-state index in [-0.39, 0.29) is 11.8 Å². The van der Waals surface area contributed by atoms with Crippen molar-refractivity contribution < 1.29 is 9.59 Å². The Morgan fingerprint density at radius 3 is 2.38 bits per heavy atom. The second-order valence-electron chi connectivity index (χ2n) is 6.35. The van der Waals surface area contributed by atoms with E-state index in [9.17, 15) is 9.59 Å². The molecule has 2 aliphatic heterocycles. The van der Waals surface area contributed by atoms with E-state index >= 15 is 0 Å². The van der Waals surface area contributed by atoms with E-state index in [0.29, 0.717) is 24.2 Å². The molecule has 6 heteroatoms. The molecule has 0 aromatic heterocycles. The van der Waals surface area contributed by atoms with Crippen molar-refractivity contribution in [2.24, 2.45) is 9.98 Å². The highest BCUT2D eigenvalue weighted by Crippen LogP contribution is 2.22. The number of aliphatic imine (C=N–C) groups is 2. The second kappa shape index (κ2) is 8.19. The summed E-state index contributed by atoms with van der Waals surface area (Å²) in [6.07, 6.45) is 5.77. The van der Waals surface area contributed by atoms with Gasteiger partial charge >= 0.3 is 0 Å². The van der Waals surface area contributed by atoms with E-state index in [1.165, 1.54) is 4.90 Å². The number of amidine groups is 1. The number of hydrogen-bond donors (Lipinski definition) is 0. The molecule has 26 heavy (non-hydrogen) atoms. The highest BCUT2D eigenvalue weighted by Gasteiger charge is 2.34. The summed E-state index contributed by atoms with van der Waals surface area (Å²) in [7, 11) is 1.76. The molecule has 0 radical (unpaired) electrons. The third-order valence-corrected chi connectivity index (χ3v) is 4.71. The van der Waals surface area contributed by atoms with Crippen LogP contribution in [0.25, 0.3) is 0 Å². The van der Waals surface area contributed by atoms with Crippen LogP contribution >= 0.6 is 0 Å². The Morgan fingerprint density at radius 2 is 1.85 bits per heavy atom.